The SMILES string of the molecule is O=C(c1cc2ccccc2oc1=O)N1CCCN(c2ccc([N+](=O)[O-])cn2)CC1. The van der Waals surface area contributed by atoms with E-state index in [9.17, 15) is 19.7 Å². The van der Waals surface area contributed by atoms with Crippen LogP contribution in [0.1, 0.15) is 16.8 Å². The second-order valence-corrected chi connectivity index (χ2v) is 6.75. The first kappa shape index (κ1) is 18.6. The number of pyridine rings is 1. The summed E-state index contributed by atoms with van der Waals surface area (Å²) in [7, 11) is 0. The minimum absolute atomic E-state index is 0.0191. The fourth-order valence-electron chi connectivity index (χ4n) is 3.40. The highest BCUT2D eigenvalue weighted by Crippen LogP contribution is 2.19. The summed E-state index contributed by atoms with van der Waals surface area (Å²) in [5.41, 5.74) is -0.249. The van der Waals surface area contributed by atoms with Gasteiger partial charge in [-0.25, -0.2) is 9.78 Å². The number of carbonyl (C=O) groups excluding carboxylic acids is 1. The van der Waals surface area contributed by atoms with Gasteiger partial charge in [0.2, 0.25) is 0 Å². The van der Waals surface area contributed by atoms with E-state index in [-0.39, 0.29) is 17.2 Å². The summed E-state index contributed by atoms with van der Waals surface area (Å²) in [4.78, 5) is 43.3. The number of amides is 1. The van der Waals surface area contributed by atoms with Crippen LogP contribution in [0.3, 0.4) is 0 Å². The molecule has 0 saturated carbocycles. The van der Waals surface area contributed by atoms with Crippen LogP contribution in [0.4, 0.5) is 11.5 Å². The predicted octanol–water partition coefficient (Wildman–Crippen LogP) is 2.45. The van der Waals surface area contributed by atoms with Crippen LogP contribution in [0.25, 0.3) is 11.0 Å². The molecule has 3 aromatic rings. The van der Waals surface area contributed by atoms with E-state index in [0.717, 1.165) is 0 Å². The van der Waals surface area contributed by atoms with E-state index in [4.69, 9.17) is 4.42 Å². The minimum atomic E-state index is -0.646. The number of benzene rings is 1. The summed E-state index contributed by atoms with van der Waals surface area (Å²) in [6.07, 6.45) is 1.91. The van der Waals surface area contributed by atoms with Crippen molar-refractivity contribution < 1.29 is 14.1 Å². The molecule has 1 aliphatic rings. The maximum Gasteiger partial charge on any atom is 0.349 e. The molecule has 0 aliphatic carbocycles. The summed E-state index contributed by atoms with van der Waals surface area (Å²) in [5.74, 6) is 0.262. The van der Waals surface area contributed by atoms with Crippen molar-refractivity contribution in [2.75, 3.05) is 31.1 Å². The molecule has 1 saturated heterocycles. The molecule has 4 rings (SSSR count). The largest absolute Gasteiger partial charge is 0.422 e. The molecule has 0 unspecified atom stereocenters. The van der Waals surface area contributed by atoms with E-state index in [1.165, 1.54) is 12.3 Å². The standard InChI is InChI=1S/C20H18N4O5/c25-19(16-12-14-4-1-2-5-17(14)29-20(16)26)23-9-3-8-22(10-11-23)18-7-6-15(13-21-18)24(27)28/h1-2,4-7,12-13H,3,8-11H2. The monoisotopic (exact) mass is 394 g/mol. The Hall–Kier alpha value is -3.75. The van der Waals surface area contributed by atoms with Crippen molar-refractivity contribution in [3.8, 4) is 0 Å². The average molecular weight is 394 g/mol. The lowest BCUT2D eigenvalue weighted by Gasteiger charge is -2.22. The fraction of sp³-hybridized carbons (Fsp3) is 0.250. The molecule has 9 heteroatoms. The summed E-state index contributed by atoms with van der Waals surface area (Å²) in [5, 5.41) is 11.5. The first-order valence-electron chi connectivity index (χ1n) is 9.20. The molecule has 0 bridgehead atoms. The molecule has 2 aromatic heterocycles. The molecule has 9 nitrogen and oxygen atoms in total. The van der Waals surface area contributed by atoms with Crippen LogP contribution in [0.2, 0.25) is 0 Å². The second kappa shape index (κ2) is 7.70. The van der Waals surface area contributed by atoms with E-state index < -0.39 is 10.5 Å². The van der Waals surface area contributed by atoms with Gasteiger partial charge in [0.05, 0.1) is 4.92 Å². The minimum Gasteiger partial charge on any atom is -0.422 e. The number of aromatic nitrogens is 1. The zero-order valence-electron chi connectivity index (χ0n) is 15.5. The molecule has 3 heterocycles. The topological polar surface area (TPSA) is 110 Å². The molecular weight excluding hydrogens is 376 g/mol. The van der Waals surface area contributed by atoms with Crippen LogP contribution in [-0.2, 0) is 0 Å². The lowest BCUT2D eigenvalue weighted by molar-refractivity contribution is -0.385. The smallest absolute Gasteiger partial charge is 0.349 e. The van der Waals surface area contributed by atoms with Crippen LogP contribution in [0.5, 0.6) is 0 Å². The summed E-state index contributed by atoms with van der Waals surface area (Å²) in [6, 6.07) is 11.7. The lowest BCUT2D eigenvalue weighted by atomic mass is 10.1. The number of hydrogen-bond donors (Lipinski definition) is 0. The number of para-hydroxylation sites is 1. The van der Waals surface area contributed by atoms with Gasteiger partial charge in [0.1, 0.15) is 23.2 Å². The van der Waals surface area contributed by atoms with Crippen molar-refractivity contribution in [1.29, 1.82) is 0 Å². The van der Waals surface area contributed by atoms with Crippen LogP contribution < -0.4 is 10.5 Å². The zero-order valence-corrected chi connectivity index (χ0v) is 15.5. The molecule has 0 atom stereocenters. The van der Waals surface area contributed by atoms with E-state index in [0.29, 0.717) is 49.4 Å². The molecule has 1 fully saturated rings. The van der Waals surface area contributed by atoms with Gasteiger partial charge in [0.15, 0.2) is 0 Å². The molecular formula is C20H18N4O5. The molecule has 148 valence electrons. The van der Waals surface area contributed by atoms with Crippen molar-refractivity contribution >= 4 is 28.4 Å². The van der Waals surface area contributed by atoms with Gasteiger partial charge in [-0.2, -0.15) is 0 Å². The number of nitrogens with zero attached hydrogens (tertiary/aromatic N) is 4. The Bertz CT molecular complexity index is 1130. The Morgan fingerprint density at radius 1 is 1.10 bits per heavy atom. The van der Waals surface area contributed by atoms with Gasteiger partial charge in [-0.1, -0.05) is 18.2 Å². The normalized spacial score (nSPS) is 14.6. The van der Waals surface area contributed by atoms with Crippen LogP contribution in [-0.4, -0.2) is 46.9 Å². The van der Waals surface area contributed by atoms with E-state index >= 15 is 0 Å². The van der Waals surface area contributed by atoms with Crippen molar-refractivity contribution in [3.63, 3.8) is 0 Å². The third-order valence-corrected chi connectivity index (χ3v) is 4.92. The van der Waals surface area contributed by atoms with Gasteiger partial charge in [-0.05, 0) is 24.6 Å². The molecule has 1 amide bonds. The van der Waals surface area contributed by atoms with Gasteiger partial charge < -0.3 is 14.2 Å². The van der Waals surface area contributed by atoms with Crippen LogP contribution >= 0.6 is 0 Å². The maximum absolute atomic E-state index is 12.9. The van der Waals surface area contributed by atoms with Crippen molar-refractivity contribution in [3.05, 3.63) is 74.8 Å². The fourth-order valence-corrected chi connectivity index (χ4v) is 3.40. The van der Waals surface area contributed by atoms with E-state index in [1.54, 1.807) is 35.2 Å². The van der Waals surface area contributed by atoms with Crippen LogP contribution in [0.15, 0.2) is 57.9 Å². The first-order chi connectivity index (χ1) is 14.0. The number of anilines is 1. The van der Waals surface area contributed by atoms with Crippen molar-refractivity contribution in [1.82, 2.24) is 9.88 Å². The second-order valence-electron chi connectivity index (χ2n) is 6.75. The summed E-state index contributed by atoms with van der Waals surface area (Å²) < 4.78 is 5.28. The quantitative estimate of drug-likeness (QED) is 0.381. The van der Waals surface area contributed by atoms with Crippen molar-refractivity contribution in [2.45, 2.75) is 6.42 Å². The zero-order chi connectivity index (χ0) is 20.4. The highest BCUT2D eigenvalue weighted by atomic mass is 16.6. The van der Waals surface area contributed by atoms with Crippen molar-refractivity contribution in [2.24, 2.45) is 0 Å². The summed E-state index contributed by atoms with van der Waals surface area (Å²) in [6.45, 7) is 2.06. The number of carbonyl (C=O) groups is 1. The van der Waals surface area contributed by atoms with E-state index in [2.05, 4.69) is 4.98 Å². The van der Waals surface area contributed by atoms with Gasteiger partial charge in [-0.3, -0.25) is 14.9 Å². The molecule has 1 aliphatic heterocycles. The Balaban J connectivity index is 1.51. The Morgan fingerprint density at radius 2 is 1.93 bits per heavy atom. The van der Waals surface area contributed by atoms with Crippen LogP contribution in [0, 0.1) is 10.1 Å². The predicted molar refractivity (Wildman–Crippen MR) is 106 cm³/mol. The Labute approximate surface area is 165 Å². The highest BCUT2D eigenvalue weighted by Gasteiger charge is 2.24. The third kappa shape index (κ3) is 3.79. The third-order valence-electron chi connectivity index (χ3n) is 4.92. The Morgan fingerprint density at radius 3 is 2.69 bits per heavy atom. The van der Waals surface area contributed by atoms with Gasteiger partial charge in [0, 0.05) is 37.6 Å². The Kier molecular flexibility index (Phi) is 4.94. The van der Waals surface area contributed by atoms with Gasteiger partial charge >= 0.3 is 5.63 Å². The molecule has 0 spiro atoms. The number of nitro groups is 1. The van der Waals surface area contributed by atoms with E-state index in [1.807, 2.05) is 11.0 Å². The number of rotatable bonds is 3. The van der Waals surface area contributed by atoms with Gasteiger partial charge in [0.25, 0.3) is 11.6 Å². The number of hydrogen-bond acceptors (Lipinski definition) is 7. The summed E-state index contributed by atoms with van der Waals surface area (Å²) >= 11 is 0. The molecule has 29 heavy (non-hydrogen) atoms. The lowest BCUT2D eigenvalue weighted by Crippen LogP contribution is -2.37. The maximum atomic E-state index is 12.9. The molecule has 0 N–H and O–H groups in total. The first-order valence-corrected chi connectivity index (χ1v) is 9.20. The highest BCUT2D eigenvalue weighted by molar-refractivity contribution is 5.96. The average Bonchev–Trinajstić information content (AvgIpc) is 2.99. The number of fused-ring (bicyclic) bond motifs is 1. The molecule has 0 radical (unpaired) electrons. The van der Waals surface area contributed by atoms with Gasteiger partial charge in [-0.15, -0.1) is 0 Å². The molecule has 1 aromatic carbocycles.